The Kier molecular flexibility index (Phi) is 5.48. The minimum atomic E-state index is 0.480. The molecule has 0 atom stereocenters. The third-order valence-electron chi connectivity index (χ3n) is 6.11. The molecule has 0 aromatic carbocycles. The van der Waals surface area contributed by atoms with Crippen LogP contribution in [0.5, 0.6) is 0 Å². The fraction of sp³-hybridized carbons (Fsp3) is 0.789. The van der Waals surface area contributed by atoms with Gasteiger partial charge >= 0.3 is 0 Å². The van der Waals surface area contributed by atoms with Crippen LogP contribution < -0.4 is 4.90 Å². The molecule has 6 heteroatoms. The van der Waals surface area contributed by atoms with Crippen molar-refractivity contribution in [2.75, 3.05) is 51.3 Å². The van der Waals surface area contributed by atoms with Crippen LogP contribution in [-0.4, -0.2) is 78.2 Å². The molecule has 138 valence electrons. The Balaban J connectivity index is 1.24. The Morgan fingerprint density at radius 3 is 2.36 bits per heavy atom. The summed E-state index contributed by atoms with van der Waals surface area (Å²) in [6.45, 7) is 7.63. The Morgan fingerprint density at radius 2 is 1.68 bits per heavy atom. The molecule has 4 rings (SSSR count). The summed E-state index contributed by atoms with van der Waals surface area (Å²) >= 11 is 0. The van der Waals surface area contributed by atoms with Crippen molar-refractivity contribution in [3.63, 3.8) is 0 Å². The Morgan fingerprint density at radius 1 is 1.00 bits per heavy atom. The first kappa shape index (κ1) is 17.2. The van der Waals surface area contributed by atoms with Crippen molar-refractivity contribution in [3.8, 4) is 0 Å². The molecule has 1 aliphatic carbocycles. The number of hydrogen-bond donors (Lipinski definition) is 0. The lowest BCUT2D eigenvalue weighted by Gasteiger charge is -2.49. The monoisotopic (exact) mass is 345 g/mol. The topological polar surface area (TPSA) is 44.7 Å². The van der Waals surface area contributed by atoms with Crippen molar-refractivity contribution < 1.29 is 4.74 Å². The molecule has 1 aromatic heterocycles. The lowest BCUT2D eigenvalue weighted by Crippen LogP contribution is -2.64. The molecular weight excluding hydrogens is 314 g/mol. The van der Waals surface area contributed by atoms with Gasteiger partial charge in [0.05, 0.1) is 0 Å². The third kappa shape index (κ3) is 3.96. The van der Waals surface area contributed by atoms with Crippen LogP contribution >= 0.6 is 0 Å². The van der Waals surface area contributed by atoms with Crippen molar-refractivity contribution in [3.05, 3.63) is 18.1 Å². The lowest BCUT2D eigenvalue weighted by molar-refractivity contribution is 0.0486. The number of methoxy groups -OCH3 is 1. The second-order valence-electron chi connectivity index (χ2n) is 7.69. The van der Waals surface area contributed by atoms with Crippen LogP contribution in [0.15, 0.2) is 12.3 Å². The molecule has 0 amide bonds. The van der Waals surface area contributed by atoms with Gasteiger partial charge in [-0.1, -0.05) is 19.3 Å². The predicted octanol–water partition coefficient (Wildman–Crippen LogP) is 1.76. The molecule has 0 bridgehead atoms. The van der Waals surface area contributed by atoms with Gasteiger partial charge in [-0.3, -0.25) is 9.80 Å². The lowest BCUT2D eigenvalue weighted by atomic mass is 9.93. The van der Waals surface area contributed by atoms with Crippen LogP contribution in [0, 0.1) is 0 Å². The van der Waals surface area contributed by atoms with E-state index in [0.29, 0.717) is 12.6 Å². The second kappa shape index (κ2) is 7.98. The summed E-state index contributed by atoms with van der Waals surface area (Å²) in [5.74, 6) is 1.81. The summed E-state index contributed by atoms with van der Waals surface area (Å²) in [6, 6.07) is 3.57. The van der Waals surface area contributed by atoms with Crippen LogP contribution in [0.25, 0.3) is 0 Å². The summed E-state index contributed by atoms with van der Waals surface area (Å²) in [6.07, 6.45) is 9.01. The summed E-state index contributed by atoms with van der Waals surface area (Å²) in [5.41, 5.74) is 0. The van der Waals surface area contributed by atoms with Gasteiger partial charge in [0.2, 0.25) is 0 Å². The molecule has 2 aliphatic heterocycles. The van der Waals surface area contributed by atoms with E-state index >= 15 is 0 Å². The summed E-state index contributed by atoms with van der Waals surface area (Å²) < 4.78 is 5.13. The van der Waals surface area contributed by atoms with Gasteiger partial charge in [0.15, 0.2) is 5.82 Å². The Hall–Kier alpha value is -1.24. The maximum absolute atomic E-state index is 5.13. The largest absolute Gasteiger partial charge is 0.377 e. The van der Waals surface area contributed by atoms with Crippen LogP contribution in [-0.2, 0) is 11.3 Å². The second-order valence-corrected chi connectivity index (χ2v) is 7.69. The fourth-order valence-corrected chi connectivity index (χ4v) is 4.55. The molecule has 2 saturated heterocycles. The summed E-state index contributed by atoms with van der Waals surface area (Å²) in [5, 5.41) is 0. The molecule has 3 heterocycles. The molecule has 1 saturated carbocycles. The highest BCUT2D eigenvalue weighted by molar-refractivity contribution is 5.41. The maximum atomic E-state index is 5.13. The van der Waals surface area contributed by atoms with Crippen LogP contribution in [0.4, 0.5) is 5.82 Å². The zero-order valence-corrected chi connectivity index (χ0v) is 15.4. The molecule has 1 aromatic rings. The minimum absolute atomic E-state index is 0.480. The number of ether oxygens (including phenoxy) is 1. The molecular formula is C19H31N5O. The number of aromatic nitrogens is 2. The van der Waals surface area contributed by atoms with E-state index in [4.69, 9.17) is 4.74 Å². The number of rotatable bonds is 5. The molecule has 0 radical (unpaired) electrons. The van der Waals surface area contributed by atoms with E-state index in [9.17, 15) is 0 Å². The number of piperazine rings is 1. The zero-order valence-electron chi connectivity index (χ0n) is 15.4. The Bertz CT molecular complexity index is 549. The highest BCUT2D eigenvalue weighted by Crippen LogP contribution is 2.26. The van der Waals surface area contributed by atoms with Gasteiger partial charge in [0.25, 0.3) is 0 Å². The zero-order chi connectivity index (χ0) is 17.1. The molecule has 0 unspecified atom stereocenters. The Labute approximate surface area is 151 Å². The van der Waals surface area contributed by atoms with Gasteiger partial charge in [-0.25, -0.2) is 9.97 Å². The average Bonchev–Trinajstić information content (AvgIpc) is 2.63. The molecule has 25 heavy (non-hydrogen) atoms. The molecule has 3 aliphatic rings. The first-order valence-electron chi connectivity index (χ1n) is 9.87. The first-order valence-corrected chi connectivity index (χ1v) is 9.87. The number of anilines is 1. The van der Waals surface area contributed by atoms with E-state index < -0.39 is 0 Å². The third-order valence-corrected chi connectivity index (χ3v) is 6.11. The molecule has 0 spiro atoms. The standard InChI is InChI=1S/C19H31N5O/c1-25-15-18-20-8-7-19(21-18)24-13-17(14-24)23-11-9-22(10-12-23)16-5-3-2-4-6-16/h7-8,16-17H,2-6,9-15H2,1H3. The quantitative estimate of drug-likeness (QED) is 0.810. The van der Waals surface area contributed by atoms with Gasteiger partial charge in [-0.05, 0) is 18.9 Å². The van der Waals surface area contributed by atoms with Crippen molar-refractivity contribution in [2.24, 2.45) is 0 Å². The van der Waals surface area contributed by atoms with Gasteiger partial charge in [0, 0.05) is 64.7 Å². The van der Waals surface area contributed by atoms with Crippen LogP contribution in [0.2, 0.25) is 0 Å². The van der Waals surface area contributed by atoms with Gasteiger partial charge < -0.3 is 9.64 Å². The van der Waals surface area contributed by atoms with E-state index in [-0.39, 0.29) is 0 Å². The van der Waals surface area contributed by atoms with Crippen LogP contribution in [0.3, 0.4) is 0 Å². The van der Waals surface area contributed by atoms with E-state index in [1.54, 1.807) is 7.11 Å². The predicted molar refractivity (Wildman–Crippen MR) is 98.8 cm³/mol. The van der Waals surface area contributed by atoms with E-state index in [1.165, 1.54) is 58.3 Å². The minimum Gasteiger partial charge on any atom is -0.377 e. The van der Waals surface area contributed by atoms with Crippen molar-refractivity contribution in [1.29, 1.82) is 0 Å². The van der Waals surface area contributed by atoms with E-state index in [1.807, 2.05) is 12.3 Å². The van der Waals surface area contributed by atoms with Crippen molar-refractivity contribution >= 4 is 5.82 Å². The smallest absolute Gasteiger partial charge is 0.156 e. The van der Waals surface area contributed by atoms with Gasteiger partial charge in [0.1, 0.15) is 12.4 Å². The van der Waals surface area contributed by atoms with Gasteiger partial charge in [-0.15, -0.1) is 0 Å². The van der Waals surface area contributed by atoms with Gasteiger partial charge in [-0.2, -0.15) is 0 Å². The number of nitrogens with zero attached hydrogens (tertiary/aromatic N) is 5. The SMILES string of the molecule is COCc1nccc(N2CC(N3CCN(C4CCCCC4)CC3)C2)n1. The fourth-order valence-electron chi connectivity index (χ4n) is 4.55. The van der Waals surface area contributed by atoms with Crippen LogP contribution in [0.1, 0.15) is 37.9 Å². The maximum Gasteiger partial charge on any atom is 0.156 e. The molecule has 0 N–H and O–H groups in total. The van der Waals surface area contributed by atoms with Crippen molar-refractivity contribution in [1.82, 2.24) is 19.8 Å². The normalized spacial score (nSPS) is 24.4. The van der Waals surface area contributed by atoms with Crippen molar-refractivity contribution in [2.45, 2.75) is 50.8 Å². The first-order chi connectivity index (χ1) is 12.3. The summed E-state index contributed by atoms with van der Waals surface area (Å²) in [7, 11) is 1.68. The molecule has 3 fully saturated rings. The average molecular weight is 345 g/mol. The van der Waals surface area contributed by atoms with E-state index in [2.05, 4.69) is 24.7 Å². The highest BCUT2D eigenvalue weighted by atomic mass is 16.5. The van der Waals surface area contributed by atoms with E-state index in [0.717, 1.165) is 30.8 Å². The molecule has 6 nitrogen and oxygen atoms in total. The highest BCUT2D eigenvalue weighted by Gasteiger charge is 2.35. The summed E-state index contributed by atoms with van der Waals surface area (Å²) in [4.78, 5) is 16.7. The number of hydrogen-bond acceptors (Lipinski definition) is 6.